The third kappa shape index (κ3) is 7.15. The van der Waals surface area contributed by atoms with Gasteiger partial charge in [0.25, 0.3) is 0 Å². The fourth-order valence-electron chi connectivity index (χ4n) is 1.33. The van der Waals surface area contributed by atoms with Gasteiger partial charge in [-0.25, -0.2) is 9.18 Å². The first-order valence-corrected chi connectivity index (χ1v) is 6.97. The van der Waals surface area contributed by atoms with Crippen molar-refractivity contribution in [2.75, 3.05) is 6.54 Å². The summed E-state index contributed by atoms with van der Waals surface area (Å²) in [6.07, 6.45) is 0.000650. The standard InChI is InChI=1S/C15H17BrFNO2/c1-15(2,3)20-14(19)18-7-5-4-6-11-8-12(16)10-13(17)9-11/h8-10H,5,7H2,1-3H3,(H,18,19). The van der Waals surface area contributed by atoms with E-state index in [0.717, 1.165) is 0 Å². The number of ether oxygens (including phenoxy) is 1. The third-order valence-electron chi connectivity index (χ3n) is 2.01. The highest BCUT2D eigenvalue weighted by atomic mass is 79.9. The van der Waals surface area contributed by atoms with Crippen molar-refractivity contribution < 1.29 is 13.9 Å². The van der Waals surface area contributed by atoms with Gasteiger partial charge in [-0.3, -0.25) is 0 Å². The summed E-state index contributed by atoms with van der Waals surface area (Å²) in [5.41, 5.74) is 0.0815. The Balaban J connectivity index is 2.38. The van der Waals surface area contributed by atoms with Gasteiger partial charge in [0.1, 0.15) is 11.4 Å². The van der Waals surface area contributed by atoms with Gasteiger partial charge >= 0.3 is 6.09 Å². The summed E-state index contributed by atoms with van der Waals surface area (Å²) in [4.78, 5) is 11.3. The number of carbonyl (C=O) groups is 1. The molecule has 108 valence electrons. The molecular formula is C15H17BrFNO2. The lowest BCUT2D eigenvalue weighted by molar-refractivity contribution is 0.0529. The first-order valence-electron chi connectivity index (χ1n) is 6.18. The number of benzene rings is 1. The average molecular weight is 342 g/mol. The molecule has 1 rings (SSSR count). The fourth-order valence-corrected chi connectivity index (χ4v) is 1.80. The maximum atomic E-state index is 13.1. The van der Waals surface area contributed by atoms with Crippen LogP contribution in [0, 0.1) is 17.7 Å². The minimum Gasteiger partial charge on any atom is -0.444 e. The molecule has 0 aliphatic rings. The molecule has 1 amide bonds. The van der Waals surface area contributed by atoms with Crippen LogP contribution in [0.1, 0.15) is 32.8 Å². The van der Waals surface area contributed by atoms with Crippen LogP contribution in [0.15, 0.2) is 22.7 Å². The molecule has 1 aromatic carbocycles. The van der Waals surface area contributed by atoms with Gasteiger partial charge in [0.05, 0.1) is 0 Å². The molecule has 0 saturated heterocycles. The van der Waals surface area contributed by atoms with Crippen molar-refractivity contribution in [3.63, 3.8) is 0 Å². The van der Waals surface area contributed by atoms with E-state index in [4.69, 9.17) is 4.74 Å². The lowest BCUT2D eigenvalue weighted by atomic mass is 10.2. The number of rotatable bonds is 2. The summed E-state index contributed by atoms with van der Waals surface area (Å²) >= 11 is 3.20. The second-order valence-corrected chi connectivity index (χ2v) is 6.05. The predicted molar refractivity (Wildman–Crippen MR) is 79.8 cm³/mol. The highest BCUT2D eigenvalue weighted by Crippen LogP contribution is 2.13. The zero-order valence-corrected chi connectivity index (χ0v) is 13.3. The van der Waals surface area contributed by atoms with E-state index in [1.807, 2.05) is 0 Å². The molecule has 5 heteroatoms. The molecule has 0 spiro atoms. The molecule has 0 bridgehead atoms. The van der Waals surface area contributed by atoms with Gasteiger partial charge in [-0.15, -0.1) is 0 Å². The van der Waals surface area contributed by atoms with Crippen LogP contribution in [0.5, 0.6) is 0 Å². The van der Waals surface area contributed by atoms with E-state index in [-0.39, 0.29) is 5.82 Å². The zero-order chi connectivity index (χ0) is 15.2. The summed E-state index contributed by atoms with van der Waals surface area (Å²) in [5, 5.41) is 2.60. The SMILES string of the molecule is CC(C)(C)OC(=O)NCCC#Cc1cc(F)cc(Br)c1. The Morgan fingerprint density at radius 3 is 2.70 bits per heavy atom. The predicted octanol–water partition coefficient (Wildman–Crippen LogP) is 3.85. The molecule has 20 heavy (non-hydrogen) atoms. The van der Waals surface area contributed by atoms with Crippen molar-refractivity contribution in [2.24, 2.45) is 0 Å². The van der Waals surface area contributed by atoms with Crippen molar-refractivity contribution in [1.82, 2.24) is 5.32 Å². The Hall–Kier alpha value is -1.54. The van der Waals surface area contributed by atoms with E-state index in [9.17, 15) is 9.18 Å². The van der Waals surface area contributed by atoms with Gasteiger partial charge in [-0.1, -0.05) is 27.8 Å². The van der Waals surface area contributed by atoms with Gasteiger partial charge in [0.2, 0.25) is 0 Å². The summed E-state index contributed by atoms with van der Waals surface area (Å²) in [5.74, 6) is 5.37. The average Bonchev–Trinajstić information content (AvgIpc) is 2.24. The lowest BCUT2D eigenvalue weighted by Gasteiger charge is -2.19. The van der Waals surface area contributed by atoms with Gasteiger partial charge in [-0.05, 0) is 39.0 Å². The maximum Gasteiger partial charge on any atom is 0.407 e. The number of hydrogen-bond acceptors (Lipinski definition) is 2. The minimum atomic E-state index is -0.510. The molecule has 0 radical (unpaired) electrons. The van der Waals surface area contributed by atoms with Crippen molar-refractivity contribution in [2.45, 2.75) is 32.8 Å². The number of carbonyl (C=O) groups excluding carboxylic acids is 1. The summed E-state index contributed by atoms with van der Waals surface area (Å²) in [6, 6.07) is 4.46. The summed E-state index contributed by atoms with van der Waals surface area (Å²) in [7, 11) is 0. The van der Waals surface area contributed by atoms with Crippen molar-refractivity contribution in [3.8, 4) is 11.8 Å². The molecule has 0 atom stereocenters. The lowest BCUT2D eigenvalue weighted by Crippen LogP contribution is -2.32. The highest BCUT2D eigenvalue weighted by Gasteiger charge is 2.15. The highest BCUT2D eigenvalue weighted by molar-refractivity contribution is 9.10. The molecule has 0 aliphatic heterocycles. The van der Waals surface area contributed by atoms with Crippen LogP contribution in [0.4, 0.5) is 9.18 Å². The van der Waals surface area contributed by atoms with E-state index in [2.05, 4.69) is 33.1 Å². The van der Waals surface area contributed by atoms with E-state index in [0.29, 0.717) is 23.0 Å². The minimum absolute atomic E-state index is 0.337. The van der Waals surface area contributed by atoms with E-state index in [1.54, 1.807) is 26.8 Å². The van der Waals surface area contributed by atoms with Crippen LogP contribution in [-0.2, 0) is 4.74 Å². The van der Waals surface area contributed by atoms with Gasteiger partial charge < -0.3 is 10.1 Å². The molecular weight excluding hydrogens is 325 g/mol. The molecule has 0 fully saturated rings. The second kappa shape index (κ2) is 7.30. The molecule has 3 nitrogen and oxygen atoms in total. The number of nitrogens with one attached hydrogen (secondary N) is 1. The quantitative estimate of drug-likeness (QED) is 0.655. The normalized spacial score (nSPS) is 10.4. The smallest absolute Gasteiger partial charge is 0.407 e. The van der Waals surface area contributed by atoms with Crippen LogP contribution in [0.25, 0.3) is 0 Å². The Morgan fingerprint density at radius 2 is 2.10 bits per heavy atom. The van der Waals surface area contributed by atoms with Crippen LogP contribution in [-0.4, -0.2) is 18.2 Å². The third-order valence-corrected chi connectivity index (χ3v) is 2.47. The largest absolute Gasteiger partial charge is 0.444 e. The topological polar surface area (TPSA) is 38.3 Å². The molecule has 0 heterocycles. The Bertz CT molecular complexity index is 521. The molecule has 0 aliphatic carbocycles. The van der Waals surface area contributed by atoms with Gasteiger partial charge in [-0.2, -0.15) is 0 Å². The van der Waals surface area contributed by atoms with E-state index < -0.39 is 11.7 Å². The van der Waals surface area contributed by atoms with E-state index >= 15 is 0 Å². The Morgan fingerprint density at radius 1 is 1.40 bits per heavy atom. The van der Waals surface area contributed by atoms with Crippen LogP contribution < -0.4 is 5.32 Å². The summed E-state index contributed by atoms with van der Waals surface area (Å²) in [6.45, 7) is 5.79. The van der Waals surface area contributed by atoms with Gasteiger partial charge in [0.15, 0.2) is 0 Å². The number of halogens is 2. The molecule has 1 aromatic rings. The Kier molecular flexibility index (Phi) is 6.03. The second-order valence-electron chi connectivity index (χ2n) is 5.14. The van der Waals surface area contributed by atoms with Crippen molar-refractivity contribution >= 4 is 22.0 Å². The fraction of sp³-hybridized carbons (Fsp3) is 0.400. The van der Waals surface area contributed by atoms with Crippen LogP contribution in [0.3, 0.4) is 0 Å². The molecule has 0 saturated carbocycles. The first-order chi connectivity index (χ1) is 9.26. The molecule has 0 unspecified atom stereocenters. The van der Waals surface area contributed by atoms with Gasteiger partial charge in [0, 0.05) is 23.0 Å². The van der Waals surface area contributed by atoms with Crippen molar-refractivity contribution in [1.29, 1.82) is 0 Å². The number of alkyl carbamates (subject to hydrolysis) is 1. The molecule has 0 aromatic heterocycles. The molecule has 1 N–H and O–H groups in total. The Labute approximate surface area is 127 Å². The summed E-state index contributed by atoms with van der Waals surface area (Å²) < 4.78 is 18.8. The zero-order valence-electron chi connectivity index (χ0n) is 11.7. The maximum absolute atomic E-state index is 13.1. The van der Waals surface area contributed by atoms with Crippen molar-refractivity contribution in [3.05, 3.63) is 34.1 Å². The van der Waals surface area contributed by atoms with E-state index in [1.165, 1.54) is 12.1 Å². The van der Waals surface area contributed by atoms with Crippen LogP contribution in [0.2, 0.25) is 0 Å². The number of amides is 1. The van der Waals surface area contributed by atoms with Crippen LogP contribution >= 0.6 is 15.9 Å². The first kappa shape index (κ1) is 16.5. The number of hydrogen-bond donors (Lipinski definition) is 1. The monoisotopic (exact) mass is 341 g/mol.